The summed E-state index contributed by atoms with van der Waals surface area (Å²) in [5.41, 5.74) is 0. The highest BCUT2D eigenvalue weighted by atomic mass is 35.5. The number of benzene rings is 1. The van der Waals surface area contributed by atoms with Crippen molar-refractivity contribution in [2.45, 2.75) is 31.8 Å². The molecule has 0 unspecified atom stereocenters. The zero-order valence-corrected chi connectivity index (χ0v) is 8.56. The van der Waals surface area contributed by atoms with Gasteiger partial charge in [0.1, 0.15) is 0 Å². The minimum atomic E-state index is -0.332. The molecule has 0 saturated heterocycles. The predicted octanol–water partition coefficient (Wildman–Crippen LogP) is 3.80. The Morgan fingerprint density at radius 2 is 2.00 bits per heavy atom. The van der Waals surface area contributed by atoms with Gasteiger partial charge < -0.3 is 4.74 Å². The summed E-state index contributed by atoms with van der Waals surface area (Å²) in [5.74, 6) is -0.0503. The third-order valence-corrected chi connectivity index (χ3v) is 2.72. The summed E-state index contributed by atoms with van der Waals surface area (Å²) in [6.07, 6.45) is 4.56. The van der Waals surface area contributed by atoms with E-state index in [9.17, 15) is 4.39 Å². The lowest BCUT2D eigenvalue weighted by atomic mass is 10.3. The zero-order valence-electron chi connectivity index (χ0n) is 7.80. The summed E-state index contributed by atoms with van der Waals surface area (Å²) < 4.78 is 18.8. The minimum Gasteiger partial charge on any atom is -0.487 e. The quantitative estimate of drug-likeness (QED) is 0.728. The van der Waals surface area contributed by atoms with Gasteiger partial charge in [0.05, 0.1) is 6.10 Å². The predicted molar refractivity (Wildman–Crippen MR) is 54.3 cm³/mol. The van der Waals surface area contributed by atoms with Crippen LogP contribution in [0.25, 0.3) is 0 Å². The maximum Gasteiger partial charge on any atom is 0.165 e. The lowest BCUT2D eigenvalue weighted by Crippen LogP contribution is -2.11. The summed E-state index contributed by atoms with van der Waals surface area (Å²) >= 11 is 5.76. The zero-order chi connectivity index (χ0) is 9.97. The highest BCUT2D eigenvalue weighted by Gasteiger charge is 2.18. The second-order valence-electron chi connectivity index (χ2n) is 3.60. The van der Waals surface area contributed by atoms with E-state index in [4.69, 9.17) is 16.3 Å². The van der Waals surface area contributed by atoms with E-state index in [0.29, 0.717) is 5.02 Å². The highest BCUT2D eigenvalue weighted by Crippen LogP contribution is 2.27. The summed E-state index contributed by atoms with van der Waals surface area (Å²) in [6, 6.07) is 4.40. The van der Waals surface area contributed by atoms with Crippen LogP contribution >= 0.6 is 11.6 Å². The van der Waals surface area contributed by atoms with Gasteiger partial charge in [-0.15, -0.1) is 0 Å². The average Bonchev–Trinajstić information content (AvgIpc) is 2.64. The average molecular weight is 215 g/mol. The molecule has 1 aromatic rings. The maximum absolute atomic E-state index is 13.2. The van der Waals surface area contributed by atoms with E-state index >= 15 is 0 Å². The van der Waals surface area contributed by atoms with Gasteiger partial charge in [0, 0.05) is 11.1 Å². The number of hydrogen-bond acceptors (Lipinski definition) is 1. The molecule has 14 heavy (non-hydrogen) atoms. The lowest BCUT2D eigenvalue weighted by Gasteiger charge is -2.13. The second-order valence-corrected chi connectivity index (χ2v) is 4.04. The van der Waals surface area contributed by atoms with Crippen LogP contribution in [0.4, 0.5) is 4.39 Å². The Kier molecular flexibility index (Phi) is 2.92. The van der Waals surface area contributed by atoms with Crippen molar-refractivity contribution in [2.75, 3.05) is 0 Å². The molecule has 0 aliphatic heterocycles. The van der Waals surface area contributed by atoms with E-state index in [1.807, 2.05) is 0 Å². The van der Waals surface area contributed by atoms with Gasteiger partial charge in [0.15, 0.2) is 11.6 Å². The smallest absolute Gasteiger partial charge is 0.165 e. The van der Waals surface area contributed by atoms with E-state index in [-0.39, 0.29) is 17.7 Å². The molecule has 0 spiro atoms. The molecule has 0 amide bonds. The van der Waals surface area contributed by atoms with Gasteiger partial charge in [-0.05, 0) is 37.8 Å². The second kappa shape index (κ2) is 4.18. The van der Waals surface area contributed by atoms with Gasteiger partial charge in [-0.1, -0.05) is 11.6 Å². The van der Waals surface area contributed by atoms with Crippen LogP contribution in [0.15, 0.2) is 18.2 Å². The van der Waals surface area contributed by atoms with Crippen LogP contribution in [-0.4, -0.2) is 6.10 Å². The molecule has 0 atom stereocenters. The molecule has 1 saturated carbocycles. The SMILES string of the molecule is Fc1ccc(Cl)cc1OC1CCCC1. The molecule has 0 heterocycles. The van der Waals surface area contributed by atoms with Crippen LogP contribution in [0.3, 0.4) is 0 Å². The maximum atomic E-state index is 13.2. The Hall–Kier alpha value is -0.760. The van der Waals surface area contributed by atoms with Crippen LogP contribution < -0.4 is 4.74 Å². The molecule has 1 fully saturated rings. The van der Waals surface area contributed by atoms with Crippen molar-refractivity contribution in [3.63, 3.8) is 0 Å². The van der Waals surface area contributed by atoms with Gasteiger partial charge in [-0.3, -0.25) is 0 Å². The Bertz CT molecular complexity index is 321. The third kappa shape index (κ3) is 2.18. The molecule has 3 heteroatoms. The number of rotatable bonds is 2. The Balaban J connectivity index is 2.10. The van der Waals surface area contributed by atoms with Crippen LogP contribution in [0.5, 0.6) is 5.75 Å². The first-order valence-corrected chi connectivity index (χ1v) is 5.25. The van der Waals surface area contributed by atoms with E-state index < -0.39 is 0 Å². The lowest BCUT2D eigenvalue weighted by molar-refractivity contribution is 0.201. The summed E-state index contributed by atoms with van der Waals surface area (Å²) in [4.78, 5) is 0. The van der Waals surface area contributed by atoms with Crippen molar-refractivity contribution >= 4 is 11.6 Å². The topological polar surface area (TPSA) is 9.23 Å². The monoisotopic (exact) mass is 214 g/mol. The molecule has 1 aromatic carbocycles. The van der Waals surface area contributed by atoms with Crippen molar-refractivity contribution in [1.82, 2.24) is 0 Å². The highest BCUT2D eigenvalue weighted by molar-refractivity contribution is 6.30. The molecule has 0 radical (unpaired) electrons. The van der Waals surface area contributed by atoms with Crippen LogP contribution in [0, 0.1) is 5.82 Å². The molecule has 0 N–H and O–H groups in total. The van der Waals surface area contributed by atoms with Gasteiger partial charge >= 0.3 is 0 Å². The normalized spacial score (nSPS) is 17.3. The molecule has 1 aliphatic rings. The molecule has 76 valence electrons. The summed E-state index contributed by atoms with van der Waals surface area (Å²) in [5, 5.41) is 0.513. The van der Waals surface area contributed by atoms with Crippen molar-refractivity contribution in [3.05, 3.63) is 29.0 Å². The number of hydrogen-bond donors (Lipinski definition) is 0. The molecule has 0 aromatic heterocycles. The fraction of sp³-hybridized carbons (Fsp3) is 0.455. The van der Waals surface area contributed by atoms with Gasteiger partial charge in [-0.2, -0.15) is 0 Å². The van der Waals surface area contributed by atoms with Crippen LogP contribution in [0.2, 0.25) is 5.02 Å². The largest absolute Gasteiger partial charge is 0.487 e. The fourth-order valence-corrected chi connectivity index (χ4v) is 1.92. The molecule has 2 rings (SSSR count). The Morgan fingerprint density at radius 1 is 1.29 bits per heavy atom. The number of ether oxygens (including phenoxy) is 1. The van der Waals surface area contributed by atoms with Crippen molar-refractivity contribution < 1.29 is 9.13 Å². The van der Waals surface area contributed by atoms with Gasteiger partial charge in [0.25, 0.3) is 0 Å². The Labute approximate surface area is 87.8 Å². The van der Waals surface area contributed by atoms with E-state index in [1.54, 1.807) is 0 Å². The molecular formula is C11H12ClFO. The number of halogens is 2. The van der Waals surface area contributed by atoms with E-state index in [1.165, 1.54) is 31.0 Å². The standard InChI is InChI=1S/C11H12ClFO/c12-8-5-6-10(13)11(7-8)14-9-3-1-2-4-9/h5-7,9H,1-4H2. The first kappa shape index (κ1) is 9.78. The molecule has 1 nitrogen and oxygen atoms in total. The molecular weight excluding hydrogens is 203 g/mol. The van der Waals surface area contributed by atoms with Gasteiger partial charge in [0.2, 0.25) is 0 Å². The van der Waals surface area contributed by atoms with E-state index in [0.717, 1.165) is 12.8 Å². The summed E-state index contributed by atoms with van der Waals surface area (Å²) in [6.45, 7) is 0. The Morgan fingerprint density at radius 3 is 2.71 bits per heavy atom. The minimum absolute atomic E-state index is 0.169. The molecule has 0 bridgehead atoms. The first-order valence-electron chi connectivity index (χ1n) is 4.87. The summed E-state index contributed by atoms with van der Waals surface area (Å²) in [7, 11) is 0. The van der Waals surface area contributed by atoms with Crippen molar-refractivity contribution in [3.8, 4) is 5.75 Å². The van der Waals surface area contributed by atoms with Crippen LogP contribution in [-0.2, 0) is 0 Å². The van der Waals surface area contributed by atoms with Gasteiger partial charge in [-0.25, -0.2) is 4.39 Å². The first-order chi connectivity index (χ1) is 6.75. The van der Waals surface area contributed by atoms with Crippen molar-refractivity contribution in [2.24, 2.45) is 0 Å². The fourth-order valence-electron chi connectivity index (χ4n) is 1.75. The van der Waals surface area contributed by atoms with E-state index in [2.05, 4.69) is 0 Å². The van der Waals surface area contributed by atoms with Crippen molar-refractivity contribution in [1.29, 1.82) is 0 Å². The molecule has 1 aliphatic carbocycles. The van der Waals surface area contributed by atoms with Crippen LogP contribution in [0.1, 0.15) is 25.7 Å². The third-order valence-electron chi connectivity index (χ3n) is 2.49.